The van der Waals surface area contributed by atoms with Crippen molar-refractivity contribution in [2.45, 2.75) is 101 Å². The number of aromatic nitrogens is 12. The summed E-state index contributed by atoms with van der Waals surface area (Å²) < 4.78 is 47.9. The van der Waals surface area contributed by atoms with Crippen molar-refractivity contribution in [2.75, 3.05) is 67.7 Å². The van der Waals surface area contributed by atoms with Crippen LogP contribution in [0, 0.1) is 36.5 Å². The second-order valence-electron chi connectivity index (χ2n) is 23.6. The molecule has 0 unspecified atom stereocenters. The summed E-state index contributed by atoms with van der Waals surface area (Å²) >= 11 is 0. The molecule has 3 saturated heterocycles. The number of carbonyl (C=O) groups is 4. The topological polar surface area (TPSA) is 346 Å². The van der Waals surface area contributed by atoms with Gasteiger partial charge in [0.2, 0.25) is 17.7 Å². The Morgan fingerprint density at radius 1 is 0.559 bits per heavy atom. The number of hydrogen-bond acceptors (Lipinski definition) is 20. The van der Waals surface area contributed by atoms with Crippen LogP contribution < -0.4 is 16.0 Å². The van der Waals surface area contributed by atoms with E-state index >= 15 is 0 Å². The number of likely N-dealkylation sites (tertiary alicyclic amines) is 3. The number of carbonyl (C=O) groups excluding carboxylic acids is 4. The van der Waals surface area contributed by atoms with E-state index in [4.69, 9.17) is 12.8 Å². The van der Waals surface area contributed by atoms with Gasteiger partial charge < -0.3 is 45.6 Å². The van der Waals surface area contributed by atoms with Crippen LogP contribution in [0.5, 0.6) is 0 Å². The lowest BCUT2D eigenvalue weighted by Crippen LogP contribution is -2.48. The molecule has 26 nitrogen and oxygen atoms in total. The standard InChI is InChI=1S/C22H24N6O3S.C22H26N6O2.C21H22N6O3S/c1-4-5-19(29)28-12-14(2)10-15(13-28)26-20-16-6-8-23-21(16)25-11-17(20)22-24-9-7-18(27-22)32(3,30)31;1-4-19(30)28-11-13(2)9-15(12-28)26-20-16-5-7-24-22(16)25-10-17(20)18-6-8-23-21(27-18)14(3)29;1-3-5-18(28)27-11-4-6-14(13-27)25-19-15-7-9-22-20(15)24-12-16(19)21-23-10-8-17(26-21)31(2,29)30/h1,6-9,11,14-15H,5,10,12-13H2,2-3H3,(H2,23,25,26);5-8,10,13,15H,4,9,11-12H2,1-3H3,(H2,24,25,26);1,7-10,12,14H,4-6,11,13H2,2H3,(H2,22,24,25)/t14-,15+;13-,15+;14-/m001/s1. The molecule has 5 atom stereocenters. The van der Waals surface area contributed by atoms with Crippen molar-refractivity contribution in [2.24, 2.45) is 11.8 Å². The van der Waals surface area contributed by atoms with Crippen LogP contribution in [0.4, 0.5) is 17.1 Å². The smallest absolute Gasteiger partial charge is 0.234 e. The van der Waals surface area contributed by atoms with E-state index in [2.05, 4.69) is 101 Å². The lowest BCUT2D eigenvalue weighted by atomic mass is 9.95. The van der Waals surface area contributed by atoms with E-state index in [1.54, 1.807) is 53.0 Å². The zero-order valence-electron chi connectivity index (χ0n) is 52.3. The Balaban J connectivity index is 0.000000153. The van der Waals surface area contributed by atoms with Crippen LogP contribution >= 0.6 is 0 Å². The molecule has 0 spiro atoms. The molecule has 0 bridgehead atoms. The lowest BCUT2D eigenvalue weighted by Gasteiger charge is -2.37. The number of sulfone groups is 2. The highest BCUT2D eigenvalue weighted by Crippen LogP contribution is 2.37. The van der Waals surface area contributed by atoms with Crippen molar-refractivity contribution in [3.05, 3.63) is 98.0 Å². The van der Waals surface area contributed by atoms with E-state index in [-0.39, 0.29) is 82.0 Å². The predicted molar refractivity (Wildman–Crippen MR) is 354 cm³/mol. The molecule has 12 rings (SSSR count). The third kappa shape index (κ3) is 15.6. The van der Waals surface area contributed by atoms with Crippen molar-refractivity contribution >= 4 is 93.3 Å². The zero-order valence-corrected chi connectivity index (χ0v) is 54.0. The van der Waals surface area contributed by atoms with Crippen molar-refractivity contribution in [3.63, 3.8) is 0 Å². The summed E-state index contributed by atoms with van der Waals surface area (Å²) in [5, 5.41) is 13.2. The number of nitrogens with zero attached hydrogens (tertiary/aromatic N) is 12. The Morgan fingerprint density at radius 3 is 1.45 bits per heavy atom. The van der Waals surface area contributed by atoms with Crippen LogP contribution in [0.2, 0.25) is 0 Å². The molecule has 28 heteroatoms. The molecule has 0 aromatic carbocycles. The van der Waals surface area contributed by atoms with Crippen LogP contribution in [0.3, 0.4) is 0 Å². The monoisotopic (exact) mass is 1300 g/mol. The van der Waals surface area contributed by atoms with E-state index < -0.39 is 19.7 Å². The average Bonchev–Trinajstić information content (AvgIpc) is 1.78. The Labute approximate surface area is 538 Å². The van der Waals surface area contributed by atoms with E-state index in [1.807, 2.05) is 36.2 Å². The average molecular weight is 1300 g/mol. The minimum absolute atomic E-state index is 0.00665. The minimum Gasteiger partial charge on any atom is -0.379 e. The van der Waals surface area contributed by atoms with Gasteiger partial charge in [-0.05, 0) is 73.9 Å². The van der Waals surface area contributed by atoms with E-state index in [0.29, 0.717) is 79.1 Å². The quantitative estimate of drug-likeness (QED) is 0.0335. The van der Waals surface area contributed by atoms with Crippen molar-refractivity contribution in [1.82, 2.24) is 74.5 Å². The molecule has 482 valence electrons. The van der Waals surface area contributed by atoms with Gasteiger partial charge in [0.15, 0.2) is 53.0 Å². The number of nitrogens with one attached hydrogen (secondary N) is 6. The summed E-state index contributed by atoms with van der Waals surface area (Å²) in [6.45, 7) is 11.5. The van der Waals surface area contributed by atoms with Gasteiger partial charge in [-0.25, -0.2) is 61.7 Å². The molecular formula is C65H72N18O8S2. The maximum atomic E-state index is 12.4. The maximum Gasteiger partial charge on any atom is 0.234 e. The Bertz CT molecular complexity index is 4590. The fraction of sp³-hybridized carbons (Fsp3) is 0.369. The van der Waals surface area contributed by atoms with Crippen LogP contribution in [0.1, 0.15) is 83.3 Å². The molecular weight excluding hydrogens is 1220 g/mol. The van der Waals surface area contributed by atoms with Gasteiger partial charge in [-0.15, -0.1) is 12.8 Å². The predicted octanol–water partition coefficient (Wildman–Crippen LogP) is 7.23. The maximum absolute atomic E-state index is 12.4. The summed E-state index contributed by atoms with van der Waals surface area (Å²) in [6, 6.07) is 10.3. The molecule has 0 radical (unpaired) electrons. The number of terminal acetylenes is 2. The molecule has 93 heavy (non-hydrogen) atoms. The molecule has 3 amide bonds. The largest absolute Gasteiger partial charge is 0.379 e. The van der Waals surface area contributed by atoms with Crippen LogP contribution in [-0.4, -0.2) is 185 Å². The van der Waals surface area contributed by atoms with Gasteiger partial charge in [-0.1, -0.05) is 32.6 Å². The highest BCUT2D eigenvalue weighted by Gasteiger charge is 2.32. The number of aromatic amines is 3. The van der Waals surface area contributed by atoms with Gasteiger partial charge in [0.1, 0.15) is 16.9 Å². The number of anilines is 3. The Hall–Kier alpha value is -10.2. The van der Waals surface area contributed by atoms with Crippen LogP contribution in [-0.2, 0) is 34.1 Å². The molecule has 0 saturated carbocycles. The molecule has 0 aliphatic carbocycles. The van der Waals surface area contributed by atoms with E-state index in [9.17, 15) is 36.0 Å². The first-order chi connectivity index (χ1) is 44.6. The summed E-state index contributed by atoms with van der Waals surface area (Å²) in [5.74, 6) is 6.11. The highest BCUT2D eigenvalue weighted by atomic mass is 32.2. The second-order valence-corrected chi connectivity index (χ2v) is 27.5. The number of fused-ring (bicyclic) bond motifs is 3. The fourth-order valence-electron chi connectivity index (χ4n) is 11.9. The molecule has 6 N–H and O–H groups in total. The van der Waals surface area contributed by atoms with Gasteiger partial charge in [0.25, 0.3) is 0 Å². The van der Waals surface area contributed by atoms with Crippen molar-refractivity contribution in [1.29, 1.82) is 0 Å². The SMILES string of the molecule is C#CCC(=O)N1CCC[C@@H](Nc2c(-c3nccc(S(C)(=O)=O)n3)cnc3[nH]ccc23)C1.C#CCC(=O)N1C[C@@H](C)C[C@@H](Nc2c(-c3nccc(S(C)(=O)=O)n3)cnc3[nH]ccc23)C1.CCC(=O)N1C[C@@H](C)C[C@@H](Nc2c(-c3ccnc(C(C)=O)n3)cnc3[nH]ccc23)C1. The number of amides is 3. The van der Waals surface area contributed by atoms with Gasteiger partial charge in [-0.2, -0.15) is 0 Å². The Morgan fingerprint density at radius 2 is 0.989 bits per heavy atom. The molecule has 3 fully saturated rings. The third-order valence-corrected chi connectivity index (χ3v) is 18.1. The summed E-state index contributed by atoms with van der Waals surface area (Å²) in [5.41, 5.74) is 7.13. The number of pyridine rings is 3. The first-order valence-corrected chi connectivity index (χ1v) is 34.2. The molecule has 3 aliphatic heterocycles. The van der Waals surface area contributed by atoms with Crippen molar-refractivity contribution < 1.29 is 36.0 Å². The molecule has 9 aromatic heterocycles. The second kappa shape index (κ2) is 28.5. The minimum atomic E-state index is -3.49. The first-order valence-electron chi connectivity index (χ1n) is 30.4. The van der Waals surface area contributed by atoms with E-state index in [1.165, 1.54) is 31.5 Å². The third-order valence-electron chi connectivity index (χ3n) is 16.2. The molecule has 3 aliphatic rings. The summed E-state index contributed by atoms with van der Waals surface area (Å²) in [6.07, 6.45) is 31.9. The summed E-state index contributed by atoms with van der Waals surface area (Å²) in [7, 11) is -6.98. The number of hydrogen-bond donors (Lipinski definition) is 6. The lowest BCUT2D eigenvalue weighted by molar-refractivity contribution is -0.133. The zero-order chi connectivity index (χ0) is 66.1. The van der Waals surface area contributed by atoms with Gasteiger partial charge in [0.05, 0.1) is 46.7 Å². The number of piperidine rings is 3. The molecule has 12 heterocycles. The number of Topliss-reactive ketones (excluding diaryl/α,β-unsaturated/α-hetero) is 1. The number of H-pyrrole nitrogens is 3. The molecule has 9 aromatic rings. The van der Waals surface area contributed by atoms with Crippen LogP contribution in [0.15, 0.2) is 102 Å². The highest BCUT2D eigenvalue weighted by molar-refractivity contribution is 7.90. The first kappa shape index (κ1) is 65.8. The normalized spacial score (nSPS) is 18.3. The van der Waals surface area contributed by atoms with Gasteiger partial charge >= 0.3 is 0 Å². The number of rotatable bonds is 15. The van der Waals surface area contributed by atoms with Crippen molar-refractivity contribution in [3.8, 4) is 58.7 Å². The summed E-state index contributed by atoms with van der Waals surface area (Å²) in [4.78, 5) is 103. The fourth-order valence-corrected chi connectivity index (χ4v) is 13.1. The number of ketones is 1. The Kier molecular flexibility index (Phi) is 20.2. The van der Waals surface area contributed by atoms with Gasteiger partial charge in [-0.3, -0.25) is 19.2 Å². The van der Waals surface area contributed by atoms with E-state index in [0.717, 1.165) is 89.2 Å². The van der Waals surface area contributed by atoms with Gasteiger partial charge in [0, 0.05) is 161 Å². The van der Waals surface area contributed by atoms with Crippen LogP contribution in [0.25, 0.3) is 67.1 Å².